The first-order valence-electron chi connectivity index (χ1n) is 9.02. The molecule has 6 nitrogen and oxygen atoms in total. The van der Waals surface area contributed by atoms with Crippen LogP contribution >= 0.6 is 11.6 Å². The molecule has 0 unspecified atom stereocenters. The minimum absolute atomic E-state index is 0.0340. The van der Waals surface area contributed by atoms with E-state index in [1.54, 1.807) is 18.0 Å². The molecule has 0 radical (unpaired) electrons. The zero-order valence-electron chi connectivity index (χ0n) is 15.9. The molecule has 150 valence electrons. The summed E-state index contributed by atoms with van der Waals surface area (Å²) in [6, 6.07) is 12.4. The summed E-state index contributed by atoms with van der Waals surface area (Å²) in [6.07, 6.45) is 2.61. The van der Waals surface area contributed by atoms with Gasteiger partial charge in [0.1, 0.15) is 11.3 Å². The lowest BCUT2D eigenvalue weighted by atomic mass is 10.1. The van der Waals surface area contributed by atoms with E-state index in [1.807, 2.05) is 30.3 Å². The summed E-state index contributed by atoms with van der Waals surface area (Å²) in [7, 11) is 1.69. The smallest absolute Gasteiger partial charge is 0.255 e. The number of halogens is 2. The number of pyridine rings is 2. The molecule has 0 aliphatic rings. The van der Waals surface area contributed by atoms with Gasteiger partial charge in [0.25, 0.3) is 11.8 Å². The van der Waals surface area contributed by atoms with Gasteiger partial charge in [0.15, 0.2) is 0 Å². The van der Waals surface area contributed by atoms with E-state index in [2.05, 4.69) is 9.97 Å². The molecule has 0 saturated carbocycles. The molecule has 0 fully saturated rings. The lowest BCUT2D eigenvalue weighted by molar-refractivity contribution is 0.0784. The Balaban J connectivity index is 1.76. The van der Waals surface area contributed by atoms with Crippen LogP contribution in [0.4, 0.5) is 4.39 Å². The van der Waals surface area contributed by atoms with Crippen molar-refractivity contribution in [2.45, 2.75) is 6.54 Å². The lowest BCUT2D eigenvalue weighted by Gasteiger charge is -2.17. The maximum absolute atomic E-state index is 14.8. The quantitative estimate of drug-likeness (QED) is 0.504. The summed E-state index contributed by atoms with van der Waals surface area (Å²) in [5.74, 6) is -1.73. The van der Waals surface area contributed by atoms with Crippen molar-refractivity contribution in [1.82, 2.24) is 14.9 Å². The number of fused-ring (bicyclic) bond motifs is 3. The number of nitrogens with zero attached hydrogens (tertiary/aromatic N) is 3. The molecule has 8 heteroatoms. The zero-order valence-corrected chi connectivity index (χ0v) is 16.7. The first-order chi connectivity index (χ1) is 14.4. The molecule has 0 atom stereocenters. The maximum Gasteiger partial charge on any atom is 0.255 e. The first-order valence-corrected chi connectivity index (χ1v) is 9.40. The largest absolute Gasteiger partial charge is 0.366 e. The third kappa shape index (κ3) is 3.44. The van der Waals surface area contributed by atoms with Gasteiger partial charge in [-0.05, 0) is 17.7 Å². The van der Waals surface area contributed by atoms with Gasteiger partial charge in [0, 0.05) is 31.4 Å². The van der Waals surface area contributed by atoms with Gasteiger partial charge in [-0.3, -0.25) is 19.6 Å². The molecule has 4 aromatic rings. The van der Waals surface area contributed by atoms with E-state index in [9.17, 15) is 14.0 Å². The van der Waals surface area contributed by atoms with Crippen molar-refractivity contribution in [2.75, 3.05) is 7.05 Å². The standard InChI is InChI=1S/C22H16ClFN4O2/c1-28(11-12-5-3-2-4-6-12)22(30)14-7-13-8-16(24)17-18(23)15(21(25)29)10-27-20(17)19(13)26-9-14/h2-10H,11H2,1H3,(H2,25,29). The number of primary amides is 1. The van der Waals surface area contributed by atoms with E-state index in [0.717, 1.165) is 5.56 Å². The molecule has 0 aliphatic heterocycles. The van der Waals surface area contributed by atoms with Gasteiger partial charge < -0.3 is 10.6 Å². The minimum atomic E-state index is -0.802. The van der Waals surface area contributed by atoms with Crippen molar-refractivity contribution in [3.05, 3.63) is 82.4 Å². The fraction of sp³-hybridized carbons (Fsp3) is 0.0909. The zero-order chi connectivity index (χ0) is 21.4. The van der Waals surface area contributed by atoms with Gasteiger partial charge >= 0.3 is 0 Å². The molecule has 0 aliphatic carbocycles. The third-order valence-electron chi connectivity index (χ3n) is 4.80. The molecular weight excluding hydrogens is 407 g/mol. The van der Waals surface area contributed by atoms with E-state index in [4.69, 9.17) is 17.3 Å². The van der Waals surface area contributed by atoms with E-state index in [0.29, 0.717) is 23.0 Å². The molecular formula is C22H16ClFN4O2. The second-order valence-electron chi connectivity index (χ2n) is 6.87. The Kier molecular flexibility index (Phi) is 5.05. The predicted molar refractivity (Wildman–Crippen MR) is 113 cm³/mol. The summed E-state index contributed by atoms with van der Waals surface area (Å²) in [5, 5.41) is 0.249. The van der Waals surface area contributed by atoms with Crippen LogP contribution in [0.1, 0.15) is 26.3 Å². The Morgan fingerprint density at radius 1 is 1.10 bits per heavy atom. The summed E-state index contributed by atoms with van der Waals surface area (Å²) in [4.78, 5) is 34.3. The number of hydrogen-bond donors (Lipinski definition) is 1. The van der Waals surface area contributed by atoms with Crippen LogP contribution in [0.25, 0.3) is 21.8 Å². The molecule has 2 heterocycles. The Bertz CT molecular complexity index is 1310. The van der Waals surface area contributed by atoms with E-state index >= 15 is 0 Å². The molecule has 0 saturated heterocycles. The molecule has 2 aromatic heterocycles. The summed E-state index contributed by atoms with van der Waals surface area (Å²) in [5.41, 5.74) is 7.06. The van der Waals surface area contributed by atoms with E-state index < -0.39 is 11.7 Å². The molecule has 30 heavy (non-hydrogen) atoms. The summed E-state index contributed by atoms with van der Waals surface area (Å²) < 4.78 is 14.8. The highest BCUT2D eigenvalue weighted by molar-refractivity contribution is 6.39. The van der Waals surface area contributed by atoms with Crippen LogP contribution in [0.15, 0.2) is 54.9 Å². The fourth-order valence-electron chi connectivity index (χ4n) is 3.32. The van der Waals surface area contributed by atoms with Crippen molar-refractivity contribution in [2.24, 2.45) is 5.73 Å². The average Bonchev–Trinajstić information content (AvgIpc) is 2.73. The Morgan fingerprint density at radius 2 is 1.80 bits per heavy atom. The number of rotatable bonds is 4. The van der Waals surface area contributed by atoms with Crippen molar-refractivity contribution >= 4 is 45.2 Å². The normalized spacial score (nSPS) is 11.0. The number of benzene rings is 2. The second kappa shape index (κ2) is 7.68. The van der Waals surface area contributed by atoms with Crippen molar-refractivity contribution in [3.8, 4) is 0 Å². The Hall–Kier alpha value is -3.58. The maximum atomic E-state index is 14.8. The van der Waals surface area contributed by atoms with Gasteiger partial charge in [0.2, 0.25) is 0 Å². The van der Waals surface area contributed by atoms with Gasteiger partial charge in [0.05, 0.1) is 27.1 Å². The first kappa shape index (κ1) is 19.7. The van der Waals surface area contributed by atoms with Gasteiger partial charge in [-0.1, -0.05) is 41.9 Å². The van der Waals surface area contributed by atoms with Crippen LogP contribution in [0, 0.1) is 5.82 Å². The van der Waals surface area contributed by atoms with Crippen LogP contribution < -0.4 is 5.73 Å². The summed E-state index contributed by atoms with van der Waals surface area (Å²) in [6.45, 7) is 0.427. The lowest BCUT2D eigenvalue weighted by Crippen LogP contribution is -2.26. The Morgan fingerprint density at radius 3 is 2.50 bits per heavy atom. The number of hydrogen-bond acceptors (Lipinski definition) is 4. The van der Waals surface area contributed by atoms with Gasteiger partial charge in [-0.2, -0.15) is 0 Å². The van der Waals surface area contributed by atoms with Crippen LogP contribution in [0.2, 0.25) is 5.02 Å². The number of amides is 2. The monoisotopic (exact) mass is 422 g/mol. The van der Waals surface area contributed by atoms with Gasteiger partial charge in [-0.25, -0.2) is 4.39 Å². The Labute approximate surface area is 176 Å². The SMILES string of the molecule is CN(Cc1ccccc1)C(=O)c1cnc2c(c1)cc(F)c1c(Cl)c(C(N)=O)cnc12. The van der Waals surface area contributed by atoms with Crippen LogP contribution in [0.3, 0.4) is 0 Å². The molecule has 2 N–H and O–H groups in total. The fourth-order valence-corrected chi connectivity index (χ4v) is 3.64. The number of carbonyl (C=O) groups excluding carboxylic acids is 2. The number of aromatic nitrogens is 2. The third-order valence-corrected chi connectivity index (χ3v) is 5.19. The minimum Gasteiger partial charge on any atom is -0.366 e. The van der Waals surface area contributed by atoms with E-state index in [1.165, 1.54) is 18.5 Å². The van der Waals surface area contributed by atoms with E-state index in [-0.39, 0.29) is 27.4 Å². The number of carbonyl (C=O) groups is 2. The average molecular weight is 423 g/mol. The second-order valence-corrected chi connectivity index (χ2v) is 7.25. The highest BCUT2D eigenvalue weighted by Gasteiger charge is 2.19. The molecule has 0 bridgehead atoms. The van der Waals surface area contributed by atoms with Crippen LogP contribution in [-0.2, 0) is 6.54 Å². The highest BCUT2D eigenvalue weighted by Crippen LogP contribution is 2.32. The molecule has 0 spiro atoms. The molecule has 4 rings (SSSR count). The highest BCUT2D eigenvalue weighted by atomic mass is 35.5. The van der Waals surface area contributed by atoms with Gasteiger partial charge in [-0.15, -0.1) is 0 Å². The van der Waals surface area contributed by atoms with Crippen LogP contribution in [-0.4, -0.2) is 33.7 Å². The topological polar surface area (TPSA) is 89.2 Å². The number of nitrogens with two attached hydrogens (primary N) is 1. The van der Waals surface area contributed by atoms with Crippen molar-refractivity contribution < 1.29 is 14.0 Å². The van der Waals surface area contributed by atoms with Crippen molar-refractivity contribution in [3.63, 3.8) is 0 Å². The molecule has 2 aromatic carbocycles. The molecule has 2 amide bonds. The summed E-state index contributed by atoms with van der Waals surface area (Å²) >= 11 is 6.17. The van der Waals surface area contributed by atoms with Crippen molar-refractivity contribution in [1.29, 1.82) is 0 Å². The van der Waals surface area contributed by atoms with Crippen LogP contribution in [0.5, 0.6) is 0 Å². The predicted octanol–water partition coefficient (Wildman–Crippen LogP) is 3.95.